The molecule has 0 aromatic heterocycles. The highest BCUT2D eigenvalue weighted by molar-refractivity contribution is 7.89. The fraction of sp³-hybridized carbons (Fsp3) is 0.200. The molecule has 0 atom stereocenters. The second-order valence-corrected chi connectivity index (χ2v) is 8.14. The molecular weight excluding hydrogens is 397 g/mol. The highest BCUT2D eigenvalue weighted by Crippen LogP contribution is 2.30. The van der Waals surface area contributed by atoms with Crippen molar-refractivity contribution in [3.05, 3.63) is 66.5 Å². The zero-order valence-corrected chi connectivity index (χ0v) is 16.3. The summed E-state index contributed by atoms with van der Waals surface area (Å²) in [6, 6.07) is 9.92. The predicted molar refractivity (Wildman–Crippen MR) is 108 cm³/mol. The summed E-state index contributed by atoms with van der Waals surface area (Å²) in [7, 11) is -4.14. The van der Waals surface area contributed by atoms with Crippen molar-refractivity contribution in [2.75, 3.05) is 23.3 Å². The number of rotatable bonds is 7. The van der Waals surface area contributed by atoms with Crippen molar-refractivity contribution in [3.8, 4) is 0 Å². The molecule has 1 heterocycles. The van der Waals surface area contributed by atoms with Gasteiger partial charge < -0.3 is 10.2 Å². The minimum absolute atomic E-state index is 0.0323. The zero-order valence-electron chi connectivity index (χ0n) is 15.5. The highest BCUT2D eigenvalue weighted by Gasteiger charge is 2.25. The molecule has 0 unspecified atom stereocenters. The topological polar surface area (TPSA) is 95.6 Å². The van der Waals surface area contributed by atoms with Crippen molar-refractivity contribution in [3.63, 3.8) is 0 Å². The number of hydrogen-bond acceptors (Lipinski definition) is 4. The van der Waals surface area contributed by atoms with E-state index in [1.807, 2.05) is 0 Å². The first-order chi connectivity index (χ1) is 13.8. The number of sulfonamides is 1. The Hall–Kier alpha value is -3.04. The monoisotopic (exact) mass is 417 g/mol. The van der Waals surface area contributed by atoms with Gasteiger partial charge in [0.05, 0.1) is 11.4 Å². The number of anilines is 2. The molecular formula is C20H20FN3O4S. The van der Waals surface area contributed by atoms with E-state index >= 15 is 0 Å². The minimum Gasteiger partial charge on any atom is -0.320 e. The van der Waals surface area contributed by atoms with E-state index in [0.29, 0.717) is 24.3 Å². The smallest absolute Gasteiger partial charge is 0.255 e. The van der Waals surface area contributed by atoms with Crippen molar-refractivity contribution in [2.24, 2.45) is 0 Å². The second-order valence-electron chi connectivity index (χ2n) is 6.41. The third-order valence-corrected chi connectivity index (χ3v) is 5.86. The fourth-order valence-corrected chi connectivity index (χ4v) is 4.11. The van der Waals surface area contributed by atoms with Crippen molar-refractivity contribution in [1.82, 2.24) is 4.72 Å². The van der Waals surface area contributed by atoms with Gasteiger partial charge in [-0.05, 0) is 36.8 Å². The number of carbonyl (C=O) groups excluding carboxylic acids is 2. The van der Waals surface area contributed by atoms with Gasteiger partial charge in [0.25, 0.3) is 5.91 Å². The maximum absolute atomic E-state index is 14.1. The molecule has 0 spiro atoms. The Bertz CT molecular complexity index is 1070. The molecule has 152 valence electrons. The number of carbonyl (C=O) groups is 2. The molecule has 2 aromatic rings. The van der Waals surface area contributed by atoms with Crippen LogP contribution in [0.15, 0.2) is 60.0 Å². The number of benzene rings is 2. The van der Waals surface area contributed by atoms with Crippen LogP contribution in [-0.2, 0) is 14.8 Å². The van der Waals surface area contributed by atoms with Crippen molar-refractivity contribution < 1.29 is 22.4 Å². The van der Waals surface area contributed by atoms with Crippen LogP contribution in [0.25, 0.3) is 0 Å². The van der Waals surface area contributed by atoms with Crippen molar-refractivity contribution in [2.45, 2.75) is 17.7 Å². The summed E-state index contributed by atoms with van der Waals surface area (Å²) in [5.41, 5.74) is 0.935. The molecule has 1 aliphatic heterocycles. The van der Waals surface area contributed by atoms with Crippen LogP contribution in [0.1, 0.15) is 23.2 Å². The van der Waals surface area contributed by atoms with Gasteiger partial charge in [0.15, 0.2) is 0 Å². The lowest BCUT2D eigenvalue weighted by atomic mass is 10.2. The van der Waals surface area contributed by atoms with E-state index in [0.717, 1.165) is 18.6 Å². The van der Waals surface area contributed by atoms with E-state index in [2.05, 4.69) is 16.6 Å². The number of para-hydroxylation sites is 2. The summed E-state index contributed by atoms with van der Waals surface area (Å²) in [4.78, 5) is 25.7. The van der Waals surface area contributed by atoms with Crippen molar-refractivity contribution in [1.29, 1.82) is 0 Å². The molecule has 0 aliphatic carbocycles. The molecule has 0 radical (unpaired) electrons. The molecule has 1 saturated heterocycles. The Morgan fingerprint density at radius 3 is 2.69 bits per heavy atom. The lowest BCUT2D eigenvalue weighted by Gasteiger charge is -2.20. The van der Waals surface area contributed by atoms with E-state index in [4.69, 9.17) is 0 Å². The summed E-state index contributed by atoms with van der Waals surface area (Å²) >= 11 is 0. The molecule has 7 nitrogen and oxygen atoms in total. The molecule has 0 saturated carbocycles. The lowest BCUT2D eigenvalue weighted by Crippen LogP contribution is -2.26. The van der Waals surface area contributed by atoms with Crippen LogP contribution in [0.5, 0.6) is 0 Å². The predicted octanol–water partition coefficient (Wildman–Crippen LogP) is 2.67. The van der Waals surface area contributed by atoms with E-state index in [1.54, 1.807) is 29.2 Å². The van der Waals surface area contributed by atoms with Crippen LogP contribution in [0.3, 0.4) is 0 Å². The normalized spacial score (nSPS) is 14.1. The van der Waals surface area contributed by atoms with Crippen LogP contribution in [0, 0.1) is 5.82 Å². The van der Waals surface area contributed by atoms with E-state index < -0.39 is 26.6 Å². The summed E-state index contributed by atoms with van der Waals surface area (Å²) < 4.78 is 40.7. The molecule has 9 heteroatoms. The second kappa shape index (κ2) is 8.54. The fourth-order valence-electron chi connectivity index (χ4n) is 3.01. The van der Waals surface area contributed by atoms with Gasteiger partial charge in [0, 0.05) is 25.1 Å². The van der Waals surface area contributed by atoms with Gasteiger partial charge in [0.1, 0.15) is 10.7 Å². The van der Waals surface area contributed by atoms with Crippen LogP contribution in [-0.4, -0.2) is 33.3 Å². The van der Waals surface area contributed by atoms with Gasteiger partial charge in [-0.15, -0.1) is 6.58 Å². The maximum atomic E-state index is 14.1. The molecule has 2 amide bonds. The average molecular weight is 417 g/mol. The van der Waals surface area contributed by atoms with Crippen LogP contribution in [0.4, 0.5) is 15.8 Å². The maximum Gasteiger partial charge on any atom is 0.255 e. The molecule has 3 rings (SSSR count). The molecule has 0 bridgehead atoms. The van der Waals surface area contributed by atoms with Gasteiger partial charge in [-0.3, -0.25) is 9.59 Å². The van der Waals surface area contributed by atoms with Crippen LogP contribution >= 0.6 is 0 Å². The molecule has 1 fully saturated rings. The molecule has 2 aromatic carbocycles. The highest BCUT2D eigenvalue weighted by atomic mass is 32.2. The number of amides is 2. The summed E-state index contributed by atoms with van der Waals surface area (Å²) in [6.07, 6.45) is 2.50. The van der Waals surface area contributed by atoms with E-state index in [-0.39, 0.29) is 18.0 Å². The number of halogens is 1. The SMILES string of the molecule is C=CCNS(=O)(=O)c1cc(C(=O)Nc2ccccc2N2CCCC2=O)ccc1F. The first-order valence-electron chi connectivity index (χ1n) is 8.94. The van der Waals surface area contributed by atoms with Gasteiger partial charge in [-0.1, -0.05) is 18.2 Å². The quantitative estimate of drug-likeness (QED) is 0.677. The lowest BCUT2D eigenvalue weighted by molar-refractivity contribution is -0.117. The van der Waals surface area contributed by atoms with Crippen molar-refractivity contribution >= 4 is 33.2 Å². The molecule has 2 N–H and O–H groups in total. The Balaban J connectivity index is 1.88. The summed E-state index contributed by atoms with van der Waals surface area (Å²) in [5, 5.41) is 2.68. The molecule has 29 heavy (non-hydrogen) atoms. The third-order valence-electron chi connectivity index (χ3n) is 4.42. The van der Waals surface area contributed by atoms with Gasteiger partial charge in [0.2, 0.25) is 15.9 Å². The summed E-state index contributed by atoms with van der Waals surface area (Å²) in [5.74, 6) is -1.62. The Labute approximate surface area is 168 Å². The number of nitrogens with zero attached hydrogens (tertiary/aromatic N) is 1. The minimum atomic E-state index is -4.14. The Kier molecular flexibility index (Phi) is 6.09. The van der Waals surface area contributed by atoms with Crippen LogP contribution < -0.4 is 14.9 Å². The zero-order chi connectivity index (χ0) is 21.0. The Morgan fingerprint density at radius 2 is 2.00 bits per heavy atom. The third kappa shape index (κ3) is 4.52. The Morgan fingerprint density at radius 1 is 1.24 bits per heavy atom. The summed E-state index contributed by atoms with van der Waals surface area (Å²) in [6.45, 7) is 3.89. The standard InChI is InChI=1S/C20H20FN3O4S/c1-2-11-22-29(27,28)18-13-14(9-10-15(18)21)20(26)23-16-6-3-4-7-17(16)24-12-5-8-19(24)25/h2-4,6-7,9-10,13,22H,1,5,8,11-12H2,(H,23,26). The number of hydrogen-bond donors (Lipinski definition) is 2. The molecule has 1 aliphatic rings. The average Bonchev–Trinajstić information content (AvgIpc) is 3.12. The van der Waals surface area contributed by atoms with Gasteiger partial charge in [-0.2, -0.15) is 0 Å². The van der Waals surface area contributed by atoms with E-state index in [9.17, 15) is 22.4 Å². The first kappa shape index (κ1) is 20.7. The van der Waals surface area contributed by atoms with Gasteiger partial charge in [-0.25, -0.2) is 17.5 Å². The van der Waals surface area contributed by atoms with Crippen LogP contribution in [0.2, 0.25) is 0 Å². The largest absolute Gasteiger partial charge is 0.320 e. The first-order valence-corrected chi connectivity index (χ1v) is 10.4. The van der Waals surface area contributed by atoms with Gasteiger partial charge >= 0.3 is 0 Å². The number of nitrogens with one attached hydrogen (secondary N) is 2. The van der Waals surface area contributed by atoms with E-state index in [1.165, 1.54) is 12.1 Å².